The van der Waals surface area contributed by atoms with Gasteiger partial charge in [-0.2, -0.15) is 0 Å². The van der Waals surface area contributed by atoms with Crippen molar-refractivity contribution in [2.75, 3.05) is 21.3 Å². The number of benzene rings is 1. The summed E-state index contributed by atoms with van der Waals surface area (Å²) in [4.78, 5) is 22.3. The normalized spacial score (nSPS) is 10.2. The third kappa shape index (κ3) is 4.26. The van der Waals surface area contributed by atoms with Gasteiger partial charge in [0.15, 0.2) is 0 Å². The van der Waals surface area contributed by atoms with E-state index >= 15 is 0 Å². The molecule has 0 aliphatic carbocycles. The molecule has 6 nitrogen and oxygen atoms in total. The van der Waals surface area contributed by atoms with Crippen LogP contribution in [-0.4, -0.2) is 33.1 Å². The van der Waals surface area contributed by atoms with Crippen LogP contribution in [0, 0.1) is 0 Å². The molecule has 0 aliphatic rings. The molecule has 0 saturated heterocycles. The van der Waals surface area contributed by atoms with Gasteiger partial charge in [-0.3, -0.25) is 4.79 Å². The van der Waals surface area contributed by atoms with Crippen LogP contribution < -0.4 is 44.1 Å². The number of ketones is 1. The van der Waals surface area contributed by atoms with Crippen LogP contribution >= 0.6 is 0 Å². The molecule has 0 aromatic heterocycles. The quantitative estimate of drug-likeness (QED) is 0.191. The van der Waals surface area contributed by atoms with Crippen molar-refractivity contribution >= 4 is 17.5 Å². The molecule has 7 heteroatoms. The van der Waals surface area contributed by atoms with Gasteiger partial charge in [0.1, 0.15) is 11.5 Å². The average Bonchev–Trinajstić information content (AvgIpc) is 2.44. The molecule has 0 spiro atoms. The summed E-state index contributed by atoms with van der Waals surface area (Å²) in [6, 6.07) is 4.73. The number of hydrogen-bond donors (Lipinski definition) is 0. The largest absolute Gasteiger partial charge is 1.00 e. The summed E-state index contributed by atoms with van der Waals surface area (Å²) in [6.07, 6.45) is 0.645. The first-order chi connectivity index (χ1) is 9.04. The molecule has 1 aromatic rings. The van der Waals surface area contributed by atoms with Crippen molar-refractivity contribution in [3.05, 3.63) is 29.8 Å². The maximum atomic E-state index is 12.0. The number of esters is 1. The number of ether oxygens (including phenoxy) is 3. The third-order valence-electron chi connectivity index (χ3n) is 2.32. The molecule has 20 heavy (non-hydrogen) atoms. The molecule has 0 saturated carbocycles. The Hall–Kier alpha value is -1.50. The van der Waals surface area contributed by atoms with E-state index in [2.05, 4.69) is 4.74 Å². The summed E-state index contributed by atoms with van der Waals surface area (Å²) in [5.41, 5.74) is 0.0738. The monoisotopic (exact) mass is 288 g/mol. The predicted octanol–water partition coefficient (Wildman–Crippen LogP) is -2.85. The molecule has 0 heterocycles. The van der Waals surface area contributed by atoms with Gasteiger partial charge in [0, 0.05) is 0 Å². The maximum Gasteiger partial charge on any atom is 1.00 e. The van der Waals surface area contributed by atoms with Gasteiger partial charge >= 0.3 is 35.5 Å². The van der Waals surface area contributed by atoms with Crippen molar-refractivity contribution in [1.29, 1.82) is 0 Å². The van der Waals surface area contributed by atoms with E-state index in [0.29, 0.717) is 6.08 Å². The van der Waals surface area contributed by atoms with Crippen molar-refractivity contribution in [3.8, 4) is 11.5 Å². The van der Waals surface area contributed by atoms with Crippen LogP contribution in [-0.2, 0) is 14.3 Å². The summed E-state index contributed by atoms with van der Waals surface area (Å²) in [5.74, 6) is -2.34. The zero-order chi connectivity index (χ0) is 14.4. The number of carbonyl (C=O) groups excluding carboxylic acids is 2. The minimum absolute atomic E-state index is 0. The second-order valence-electron chi connectivity index (χ2n) is 3.40. The Balaban J connectivity index is 0.00000361. The van der Waals surface area contributed by atoms with Crippen LogP contribution in [0.1, 0.15) is 5.56 Å². The second kappa shape index (κ2) is 8.63. The van der Waals surface area contributed by atoms with Crippen molar-refractivity contribution in [1.82, 2.24) is 0 Å². The van der Waals surface area contributed by atoms with Crippen molar-refractivity contribution in [3.63, 3.8) is 0 Å². The molecule has 0 atom stereocenters. The van der Waals surface area contributed by atoms with Gasteiger partial charge in [-0.15, -0.1) is 0 Å². The summed E-state index contributed by atoms with van der Waals surface area (Å²) in [7, 11) is 3.82. The van der Waals surface area contributed by atoms with Gasteiger partial charge in [-0.1, -0.05) is 11.8 Å². The minimum Gasteiger partial charge on any atom is -0.872 e. The third-order valence-corrected chi connectivity index (χ3v) is 2.32. The van der Waals surface area contributed by atoms with E-state index in [1.54, 1.807) is 18.2 Å². The summed E-state index contributed by atoms with van der Waals surface area (Å²) < 4.78 is 14.3. The van der Waals surface area contributed by atoms with Crippen LogP contribution in [0.5, 0.6) is 11.5 Å². The van der Waals surface area contributed by atoms with E-state index in [4.69, 9.17) is 9.47 Å². The van der Waals surface area contributed by atoms with Crippen LogP contribution in [0.3, 0.4) is 0 Å². The Morgan fingerprint density at radius 3 is 2.00 bits per heavy atom. The van der Waals surface area contributed by atoms with Crippen molar-refractivity contribution in [2.24, 2.45) is 0 Å². The summed E-state index contributed by atoms with van der Waals surface area (Å²) in [5, 5.41) is 12.0. The minimum atomic E-state index is -1.11. The zero-order valence-corrected chi connectivity index (χ0v) is 13.8. The van der Waals surface area contributed by atoms with Crippen molar-refractivity contribution in [2.45, 2.75) is 0 Å². The van der Waals surface area contributed by atoms with E-state index in [0.717, 1.165) is 7.11 Å². The molecule has 0 unspecified atom stereocenters. The Morgan fingerprint density at radius 2 is 1.60 bits per heavy atom. The molecule has 0 fully saturated rings. The first-order valence-corrected chi connectivity index (χ1v) is 5.27. The fourth-order valence-electron chi connectivity index (χ4n) is 1.44. The number of methoxy groups -OCH3 is 3. The second-order valence-corrected chi connectivity index (χ2v) is 3.40. The smallest absolute Gasteiger partial charge is 0.872 e. The molecule has 0 radical (unpaired) electrons. The molecule has 1 rings (SSSR count). The summed E-state index contributed by atoms with van der Waals surface area (Å²) in [6.45, 7) is 0. The van der Waals surface area contributed by atoms with Crippen LogP contribution in [0.25, 0.3) is 5.76 Å². The molecule has 0 aliphatic heterocycles. The number of rotatable bonds is 5. The van der Waals surface area contributed by atoms with Crippen molar-refractivity contribution < 1.29 is 58.5 Å². The van der Waals surface area contributed by atoms with Gasteiger partial charge < -0.3 is 19.3 Å². The van der Waals surface area contributed by atoms with E-state index in [9.17, 15) is 14.7 Å². The molecular weight excluding hydrogens is 275 g/mol. The molecule has 0 bridgehead atoms. The van der Waals surface area contributed by atoms with E-state index < -0.39 is 17.5 Å². The number of carbonyl (C=O) groups is 2. The molecule has 0 amide bonds. The molecule has 0 N–H and O–H groups in total. The first-order valence-electron chi connectivity index (χ1n) is 5.27. The Bertz CT molecular complexity index is 501. The SMILES string of the molecule is COC(=O)C(=O)C=C([O-])c1c(OC)cccc1OC.[Na+]. The van der Waals surface area contributed by atoms with Gasteiger partial charge in [-0.05, 0) is 18.2 Å². The van der Waals surface area contributed by atoms with Crippen LogP contribution in [0.2, 0.25) is 0 Å². The van der Waals surface area contributed by atoms with E-state index in [-0.39, 0.29) is 46.6 Å². The molecule has 102 valence electrons. The fraction of sp³-hybridized carbons (Fsp3) is 0.231. The zero-order valence-electron chi connectivity index (χ0n) is 11.8. The molecule has 1 aromatic carbocycles. The van der Waals surface area contributed by atoms with Crippen LogP contribution in [0.4, 0.5) is 0 Å². The fourth-order valence-corrected chi connectivity index (χ4v) is 1.44. The Morgan fingerprint density at radius 1 is 1.10 bits per heavy atom. The van der Waals surface area contributed by atoms with Gasteiger partial charge in [0.05, 0.1) is 26.9 Å². The molecular formula is C13H13NaO6. The topological polar surface area (TPSA) is 84.9 Å². The van der Waals surface area contributed by atoms with E-state index in [1.807, 2.05) is 0 Å². The van der Waals surface area contributed by atoms with Gasteiger partial charge in [0.2, 0.25) is 0 Å². The Kier molecular flexibility index (Phi) is 7.98. The van der Waals surface area contributed by atoms with Gasteiger partial charge in [0.25, 0.3) is 5.78 Å². The Labute approximate surface area is 138 Å². The van der Waals surface area contributed by atoms with E-state index in [1.165, 1.54) is 14.2 Å². The predicted molar refractivity (Wildman–Crippen MR) is 64.5 cm³/mol. The first kappa shape index (κ1) is 18.5. The standard InChI is InChI=1S/C13H14O6.Na/c1-17-10-5-4-6-11(18-2)12(10)8(14)7-9(15)13(16)19-3;/h4-7,14H,1-3H3;/q;+1/p-1. The van der Waals surface area contributed by atoms with Crippen LogP contribution in [0.15, 0.2) is 24.3 Å². The van der Waals surface area contributed by atoms with Gasteiger partial charge in [-0.25, -0.2) is 4.79 Å². The maximum absolute atomic E-state index is 12.0. The summed E-state index contributed by atoms with van der Waals surface area (Å²) >= 11 is 0. The number of hydrogen-bond acceptors (Lipinski definition) is 6. The average molecular weight is 288 g/mol.